The molecule has 1 fully saturated rings. The zero-order valence-corrected chi connectivity index (χ0v) is 9.31. The maximum Gasteiger partial charge on any atom is 0.314 e. The van der Waals surface area contributed by atoms with Crippen molar-refractivity contribution in [3.05, 3.63) is 24.1 Å². The third kappa shape index (κ3) is 1.77. The normalized spacial score (nSPS) is 15.2. The van der Waals surface area contributed by atoms with Gasteiger partial charge in [0, 0.05) is 13.2 Å². The summed E-state index contributed by atoms with van der Waals surface area (Å²) < 4.78 is 20.4. The zero-order chi connectivity index (χ0) is 12.0. The van der Waals surface area contributed by atoms with Crippen molar-refractivity contribution in [3.63, 3.8) is 0 Å². The average molecular weight is 234 g/mol. The molecule has 0 unspecified atom stereocenters. The number of halogens is 1. The number of aromatic nitrogens is 2. The summed E-state index contributed by atoms with van der Waals surface area (Å²) in [5, 5.41) is 4.67. The number of aryl methyl sites for hydroxylation is 1. The molecule has 1 aromatic carbocycles. The smallest absolute Gasteiger partial charge is 0.314 e. The molecule has 1 heterocycles. The Morgan fingerprint density at radius 3 is 3.00 bits per heavy atom. The van der Waals surface area contributed by atoms with Gasteiger partial charge in [-0.05, 0) is 25.0 Å². The third-order valence-corrected chi connectivity index (χ3v) is 2.82. The molecule has 4 nitrogen and oxygen atoms in total. The second kappa shape index (κ2) is 3.55. The molecule has 1 saturated carbocycles. The monoisotopic (exact) mass is 234 g/mol. The number of ether oxygens (including phenoxy) is 1. The predicted molar refractivity (Wildman–Crippen MR) is 59.0 cm³/mol. The highest BCUT2D eigenvalue weighted by molar-refractivity contribution is 5.88. The SMILES string of the molecule is Cn1cc2c(OC(=O)C3CC3)c(F)ccc2n1. The van der Waals surface area contributed by atoms with Crippen molar-refractivity contribution in [1.29, 1.82) is 0 Å². The fourth-order valence-electron chi connectivity index (χ4n) is 1.77. The van der Waals surface area contributed by atoms with Gasteiger partial charge in [0.05, 0.1) is 16.8 Å². The molecule has 3 rings (SSSR count). The van der Waals surface area contributed by atoms with Gasteiger partial charge in [-0.15, -0.1) is 0 Å². The molecule has 0 amide bonds. The molecule has 88 valence electrons. The quantitative estimate of drug-likeness (QED) is 0.590. The van der Waals surface area contributed by atoms with Gasteiger partial charge in [0.25, 0.3) is 0 Å². The van der Waals surface area contributed by atoms with Gasteiger partial charge in [-0.1, -0.05) is 0 Å². The van der Waals surface area contributed by atoms with Crippen LogP contribution in [0.1, 0.15) is 12.8 Å². The van der Waals surface area contributed by atoms with Gasteiger partial charge in [0.15, 0.2) is 11.6 Å². The first-order valence-electron chi connectivity index (χ1n) is 5.48. The summed E-state index contributed by atoms with van der Waals surface area (Å²) in [6.07, 6.45) is 3.32. The average Bonchev–Trinajstić information content (AvgIpc) is 3.05. The minimum Gasteiger partial charge on any atom is -0.422 e. The summed E-state index contributed by atoms with van der Waals surface area (Å²) in [4.78, 5) is 11.6. The molecular weight excluding hydrogens is 223 g/mol. The molecule has 0 saturated heterocycles. The summed E-state index contributed by atoms with van der Waals surface area (Å²) >= 11 is 0. The molecule has 0 spiro atoms. The van der Waals surface area contributed by atoms with Crippen LogP contribution >= 0.6 is 0 Å². The largest absolute Gasteiger partial charge is 0.422 e. The molecule has 1 aromatic heterocycles. The van der Waals surface area contributed by atoms with Crippen LogP contribution in [0.3, 0.4) is 0 Å². The molecule has 17 heavy (non-hydrogen) atoms. The van der Waals surface area contributed by atoms with Crippen LogP contribution < -0.4 is 4.74 Å². The lowest BCUT2D eigenvalue weighted by molar-refractivity contribution is -0.135. The molecule has 1 aliphatic rings. The highest BCUT2D eigenvalue weighted by atomic mass is 19.1. The Bertz CT molecular complexity index is 602. The first-order valence-corrected chi connectivity index (χ1v) is 5.48. The van der Waals surface area contributed by atoms with E-state index < -0.39 is 5.82 Å². The highest BCUT2D eigenvalue weighted by Gasteiger charge is 2.32. The van der Waals surface area contributed by atoms with Gasteiger partial charge in [-0.2, -0.15) is 5.10 Å². The Morgan fingerprint density at radius 1 is 1.53 bits per heavy atom. The molecule has 0 atom stereocenters. The topological polar surface area (TPSA) is 44.1 Å². The van der Waals surface area contributed by atoms with Crippen LogP contribution in [0.15, 0.2) is 18.3 Å². The molecule has 0 radical (unpaired) electrons. The summed E-state index contributed by atoms with van der Waals surface area (Å²) in [7, 11) is 1.74. The van der Waals surface area contributed by atoms with Gasteiger partial charge in [0.1, 0.15) is 0 Å². The van der Waals surface area contributed by atoms with E-state index in [1.165, 1.54) is 6.07 Å². The number of hydrogen-bond donors (Lipinski definition) is 0. The van der Waals surface area contributed by atoms with Crippen LogP contribution in [-0.2, 0) is 11.8 Å². The van der Waals surface area contributed by atoms with Gasteiger partial charge in [0.2, 0.25) is 0 Å². The first kappa shape index (κ1) is 10.3. The maximum absolute atomic E-state index is 13.7. The van der Waals surface area contributed by atoms with Crippen LogP contribution in [0.25, 0.3) is 10.9 Å². The molecular formula is C12H11FN2O2. The lowest BCUT2D eigenvalue weighted by Crippen LogP contribution is -2.11. The molecule has 2 aromatic rings. The Kier molecular flexibility index (Phi) is 2.14. The lowest BCUT2D eigenvalue weighted by Gasteiger charge is -2.05. The molecule has 0 bridgehead atoms. The van der Waals surface area contributed by atoms with E-state index in [-0.39, 0.29) is 17.6 Å². The molecule has 5 heteroatoms. The summed E-state index contributed by atoms with van der Waals surface area (Å²) in [6.45, 7) is 0. The summed E-state index contributed by atoms with van der Waals surface area (Å²) in [5.41, 5.74) is 0.618. The number of fused-ring (bicyclic) bond motifs is 1. The van der Waals surface area contributed by atoms with E-state index in [1.54, 1.807) is 24.0 Å². The Hall–Kier alpha value is -1.91. The van der Waals surface area contributed by atoms with E-state index in [9.17, 15) is 9.18 Å². The first-order chi connectivity index (χ1) is 8.15. The lowest BCUT2D eigenvalue weighted by atomic mass is 10.2. The second-order valence-electron chi connectivity index (χ2n) is 4.31. The van der Waals surface area contributed by atoms with Crippen molar-refractivity contribution < 1.29 is 13.9 Å². The number of esters is 1. The fourth-order valence-corrected chi connectivity index (χ4v) is 1.77. The second-order valence-corrected chi connectivity index (χ2v) is 4.31. The standard InChI is InChI=1S/C12H11FN2O2/c1-15-6-8-10(14-15)5-4-9(13)11(8)17-12(16)7-2-3-7/h4-7H,2-3H2,1H3. The predicted octanol–water partition coefficient (Wildman–Crippen LogP) is 2.03. The van der Waals surface area contributed by atoms with E-state index in [0.717, 1.165) is 12.8 Å². The van der Waals surface area contributed by atoms with Crippen molar-refractivity contribution >= 4 is 16.9 Å². The molecule has 1 aliphatic carbocycles. The summed E-state index contributed by atoms with van der Waals surface area (Å²) in [6, 6.07) is 2.84. The van der Waals surface area contributed by atoms with E-state index in [1.807, 2.05) is 0 Å². The minimum absolute atomic E-state index is 0.00694. The third-order valence-electron chi connectivity index (χ3n) is 2.82. The van der Waals surface area contributed by atoms with Crippen molar-refractivity contribution in [1.82, 2.24) is 9.78 Å². The van der Waals surface area contributed by atoms with Crippen LogP contribution in [0.2, 0.25) is 0 Å². The highest BCUT2D eigenvalue weighted by Crippen LogP contribution is 2.34. The number of nitrogens with zero attached hydrogens (tertiary/aromatic N) is 2. The number of hydrogen-bond acceptors (Lipinski definition) is 3. The van der Waals surface area contributed by atoms with Gasteiger partial charge >= 0.3 is 5.97 Å². The van der Waals surface area contributed by atoms with Gasteiger partial charge in [-0.3, -0.25) is 9.48 Å². The van der Waals surface area contributed by atoms with Crippen LogP contribution in [0.5, 0.6) is 5.75 Å². The van der Waals surface area contributed by atoms with E-state index in [2.05, 4.69) is 5.10 Å². The fraction of sp³-hybridized carbons (Fsp3) is 0.333. The van der Waals surface area contributed by atoms with Gasteiger partial charge < -0.3 is 4.74 Å². The number of benzene rings is 1. The van der Waals surface area contributed by atoms with Crippen LogP contribution in [0, 0.1) is 11.7 Å². The van der Waals surface area contributed by atoms with E-state index in [4.69, 9.17) is 4.74 Å². The maximum atomic E-state index is 13.7. The Morgan fingerprint density at radius 2 is 2.29 bits per heavy atom. The van der Waals surface area contributed by atoms with Gasteiger partial charge in [-0.25, -0.2) is 4.39 Å². The number of carbonyl (C=O) groups is 1. The molecule has 0 aliphatic heterocycles. The van der Waals surface area contributed by atoms with E-state index >= 15 is 0 Å². The number of rotatable bonds is 2. The van der Waals surface area contributed by atoms with Crippen molar-refractivity contribution in [3.8, 4) is 5.75 Å². The Balaban J connectivity index is 2.05. The zero-order valence-electron chi connectivity index (χ0n) is 9.31. The Labute approximate surface area is 97.0 Å². The van der Waals surface area contributed by atoms with Crippen molar-refractivity contribution in [2.75, 3.05) is 0 Å². The molecule has 0 N–H and O–H groups in total. The minimum atomic E-state index is -0.528. The van der Waals surface area contributed by atoms with E-state index in [0.29, 0.717) is 10.9 Å². The summed E-state index contributed by atoms with van der Waals surface area (Å²) in [5.74, 6) is -0.936. The van der Waals surface area contributed by atoms with Crippen molar-refractivity contribution in [2.45, 2.75) is 12.8 Å². The van der Waals surface area contributed by atoms with Crippen LogP contribution in [-0.4, -0.2) is 15.7 Å². The number of carbonyl (C=O) groups excluding carboxylic acids is 1. The van der Waals surface area contributed by atoms with Crippen LogP contribution in [0.4, 0.5) is 4.39 Å². The van der Waals surface area contributed by atoms with Crippen molar-refractivity contribution in [2.24, 2.45) is 13.0 Å².